The molecule has 3 unspecified atom stereocenters. The zero-order valence-corrected chi connectivity index (χ0v) is 19.3. The summed E-state index contributed by atoms with van der Waals surface area (Å²) < 4.78 is 5.50. The zero-order chi connectivity index (χ0) is 21.5. The van der Waals surface area contributed by atoms with Crippen molar-refractivity contribution in [3.8, 4) is 0 Å². The normalized spacial score (nSPS) is 27.2. The van der Waals surface area contributed by atoms with Crippen LogP contribution in [0.25, 0.3) is 0 Å². The van der Waals surface area contributed by atoms with E-state index in [1.165, 1.54) is 6.42 Å². The maximum atomic E-state index is 12.7. The van der Waals surface area contributed by atoms with E-state index >= 15 is 0 Å². The van der Waals surface area contributed by atoms with Crippen molar-refractivity contribution in [3.05, 3.63) is 12.3 Å². The van der Waals surface area contributed by atoms with Crippen LogP contribution >= 0.6 is 11.8 Å². The van der Waals surface area contributed by atoms with Gasteiger partial charge in [0, 0.05) is 44.0 Å². The summed E-state index contributed by atoms with van der Waals surface area (Å²) in [6, 6.07) is 0.200. The second-order valence-corrected chi connectivity index (χ2v) is 9.89. The molecule has 2 heterocycles. The van der Waals surface area contributed by atoms with Crippen molar-refractivity contribution >= 4 is 22.7 Å². The number of Topliss-reactive ketones (excluding diaryl/α,β-unsaturated/α-hetero) is 1. The first kappa shape index (κ1) is 23.6. The molecule has 8 heteroatoms. The van der Waals surface area contributed by atoms with Crippen molar-refractivity contribution in [2.24, 2.45) is 16.9 Å². The van der Waals surface area contributed by atoms with Crippen LogP contribution in [0.1, 0.15) is 51.9 Å². The second kappa shape index (κ2) is 11.5. The van der Waals surface area contributed by atoms with E-state index in [1.807, 2.05) is 7.05 Å². The quantitative estimate of drug-likeness (QED) is 0.476. The Morgan fingerprint density at radius 3 is 2.63 bits per heavy atom. The molecule has 30 heavy (non-hydrogen) atoms. The number of ether oxygens (including phenoxy) is 1. The minimum absolute atomic E-state index is 0.170. The van der Waals surface area contributed by atoms with Gasteiger partial charge >= 0.3 is 0 Å². The predicted molar refractivity (Wildman–Crippen MR) is 122 cm³/mol. The second-order valence-electron chi connectivity index (χ2n) is 8.90. The number of hydrazone groups is 1. The lowest BCUT2D eigenvalue weighted by Crippen LogP contribution is -2.51. The lowest BCUT2D eigenvalue weighted by atomic mass is 9.85. The average Bonchev–Trinajstić information content (AvgIpc) is 3.10. The molecule has 0 aromatic heterocycles. The number of hydrogen-bond donors (Lipinski definition) is 3. The van der Waals surface area contributed by atoms with Gasteiger partial charge in [0.05, 0.1) is 12.2 Å². The molecule has 3 fully saturated rings. The third-order valence-electron chi connectivity index (χ3n) is 6.76. The first-order chi connectivity index (χ1) is 14.5. The van der Waals surface area contributed by atoms with Crippen LogP contribution in [0.5, 0.6) is 0 Å². The smallest absolute Gasteiger partial charge is 0.183 e. The van der Waals surface area contributed by atoms with Gasteiger partial charge in [-0.3, -0.25) is 10.2 Å². The summed E-state index contributed by atoms with van der Waals surface area (Å²) in [5, 5.41) is 19.8. The van der Waals surface area contributed by atoms with E-state index in [0.717, 1.165) is 49.4 Å². The van der Waals surface area contributed by atoms with Crippen LogP contribution in [-0.2, 0) is 9.53 Å². The Bertz CT molecular complexity index is 618. The third-order valence-corrected chi connectivity index (χ3v) is 8.04. The van der Waals surface area contributed by atoms with Crippen LogP contribution in [0.4, 0.5) is 0 Å². The molecule has 0 radical (unpaired) electrons. The van der Waals surface area contributed by atoms with Crippen molar-refractivity contribution in [1.29, 1.82) is 0 Å². The molecule has 3 rings (SSSR count). The molecule has 3 N–H and O–H groups in total. The van der Waals surface area contributed by atoms with Crippen molar-refractivity contribution in [2.45, 2.75) is 70.1 Å². The minimum atomic E-state index is -0.828. The summed E-state index contributed by atoms with van der Waals surface area (Å²) in [6.45, 7) is 7.88. The monoisotopic (exact) mass is 438 g/mol. The fourth-order valence-electron chi connectivity index (χ4n) is 4.51. The Hall–Kier alpha value is -1.09. The number of thioether (sulfide) groups is 1. The summed E-state index contributed by atoms with van der Waals surface area (Å²) in [5.74, 6) is 1.68. The summed E-state index contributed by atoms with van der Waals surface area (Å²) in [5.41, 5.74) is 3.43. The maximum absolute atomic E-state index is 12.7. The van der Waals surface area contributed by atoms with E-state index in [-0.39, 0.29) is 23.7 Å². The molecule has 1 aliphatic carbocycles. The number of nitrogens with one attached hydrogen (secondary N) is 2. The first-order valence-corrected chi connectivity index (χ1v) is 12.4. The molecule has 3 aliphatic rings. The molecule has 2 saturated heterocycles. The number of hydrogen-bond acceptors (Lipinski definition) is 7. The highest BCUT2D eigenvalue weighted by molar-refractivity contribution is 8.14. The van der Waals surface area contributed by atoms with Crippen LogP contribution in [0.15, 0.2) is 17.4 Å². The van der Waals surface area contributed by atoms with Crippen LogP contribution in [-0.4, -0.2) is 71.7 Å². The maximum Gasteiger partial charge on any atom is 0.183 e. The molecule has 7 nitrogen and oxygen atoms in total. The number of carbonyl (C=O) groups is 1. The van der Waals surface area contributed by atoms with E-state index in [4.69, 9.17) is 4.74 Å². The van der Waals surface area contributed by atoms with E-state index in [9.17, 15) is 9.90 Å². The van der Waals surface area contributed by atoms with E-state index in [2.05, 4.69) is 34.2 Å². The standard InChI is InChI=1S/C22H38N4O3S/c1-15-14-30-22(26(15)3)25-24-16(2)21(28)20(18-9-11-29-12-10-18)23-13-19(27)17-7-5-4-6-8-17/h15,17-18,20-21,23-24,28H,2,4-14H2,1,3H3/b25-22-. The first-order valence-electron chi connectivity index (χ1n) is 11.4. The van der Waals surface area contributed by atoms with Gasteiger partial charge in [-0.05, 0) is 38.5 Å². The Labute approximate surface area is 185 Å². The molecule has 170 valence electrons. The number of nitrogens with zero attached hydrogens (tertiary/aromatic N) is 2. The number of rotatable bonds is 9. The summed E-state index contributed by atoms with van der Waals surface area (Å²) in [4.78, 5) is 14.8. The third kappa shape index (κ3) is 6.22. The number of aliphatic hydroxyl groups excluding tert-OH is 1. The van der Waals surface area contributed by atoms with E-state index in [1.54, 1.807) is 11.8 Å². The van der Waals surface area contributed by atoms with Gasteiger partial charge < -0.3 is 20.1 Å². The molecular formula is C22H38N4O3S. The van der Waals surface area contributed by atoms with Gasteiger partial charge in [-0.1, -0.05) is 37.6 Å². The Kier molecular flexibility index (Phi) is 9.04. The van der Waals surface area contributed by atoms with E-state index in [0.29, 0.717) is 31.5 Å². The van der Waals surface area contributed by atoms with Crippen LogP contribution in [0.3, 0.4) is 0 Å². The molecule has 0 aromatic rings. The summed E-state index contributed by atoms with van der Waals surface area (Å²) in [6.07, 6.45) is 6.44. The Balaban J connectivity index is 1.59. The average molecular weight is 439 g/mol. The molecule has 0 aromatic carbocycles. The van der Waals surface area contributed by atoms with Gasteiger partial charge in [0.15, 0.2) is 5.17 Å². The number of carbonyl (C=O) groups excluding carboxylic acids is 1. The van der Waals surface area contributed by atoms with Gasteiger partial charge in [-0.2, -0.15) is 5.10 Å². The number of ketones is 1. The van der Waals surface area contributed by atoms with Gasteiger partial charge in [0.1, 0.15) is 11.9 Å². The largest absolute Gasteiger partial charge is 0.385 e. The molecule has 3 atom stereocenters. The highest BCUT2D eigenvalue weighted by Crippen LogP contribution is 2.26. The predicted octanol–water partition coefficient (Wildman–Crippen LogP) is 2.32. The lowest BCUT2D eigenvalue weighted by molar-refractivity contribution is -0.123. The highest BCUT2D eigenvalue weighted by Gasteiger charge is 2.33. The Morgan fingerprint density at radius 1 is 1.30 bits per heavy atom. The molecular weight excluding hydrogens is 400 g/mol. The molecule has 0 amide bonds. The molecule has 0 spiro atoms. The van der Waals surface area contributed by atoms with Gasteiger partial charge in [0.2, 0.25) is 0 Å². The lowest BCUT2D eigenvalue weighted by Gasteiger charge is -2.35. The van der Waals surface area contributed by atoms with Crippen LogP contribution in [0.2, 0.25) is 0 Å². The van der Waals surface area contributed by atoms with Crippen LogP contribution < -0.4 is 10.7 Å². The fourth-order valence-corrected chi connectivity index (χ4v) is 5.62. The van der Waals surface area contributed by atoms with Gasteiger partial charge in [-0.15, -0.1) is 0 Å². The molecule has 0 bridgehead atoms. The van der Waals surface area contributed by atoms with E-state index < -0.39 is 6.10 Å². The minimum Gasteiger partial charge on any atom is -0.385 e. The van der Waals surface area contributed by atoms with Crippen molar-refractivity contribution in [3.63, 3.8) is 0 Å². The zero-order valence-electron chi connectivity index (χ0n) is 18.4. The van der Waals surface area contributed by atoms with Crippen molar-refractivity contribution in [2.75, 3.05) is 32.6 Å². The highest BCUT2D eigenvalue weighted by atomic mass is 32.2. The fraction of sp³-hybridized carbons (Fsp3) is 0.818. The van der Waals surface area contributed by atoms with Crippen molar-refractivity contribution in [1.82, 2.24) is 15.6 Å². The Morgan fingerprint density at radius 2 is 2.00 bits per heavy atom. The molecule has 1 saturated carbocycles. The van der Waals surface area contributed by atoms with Gasteiger partial charge in [-0.25, -0.2) is 0 Å². The molecule has 2 aliphatic heterocycles. The topological polar surface area (TPSA) is 86.2 Å². The van der Waals surface area contributed by atoms with Crippen LogP contribution in [0, 0.1) is 11.8 Å². The SMILES string of the molecule is C=C(N/N=C1\SCC(C)N1C)C(O)C(NCC(=O)C1CCCCC1)C1CCOCC1. The number of amidine groups is 1. The van der Waals surface area contributed by atoms with Gasteiger partial charge in [0.25, 0.3) is 0 Å². The number of aliphatic hydroxyl groups is 1. The summed E-state index contributed by atoms with van der Waals surface area (Å²) in [7, 11) is 2.02. The van der Waals surface area contributed by atoms with Crippen molar-refractivity contribution < 1.29 is 14.6 Å². The summed E-state index contributed by atoms with van der Waals surface area (Å²) >= 11 is 1.69.